The van der Waals surface area contributed by atoms with Gasteiger partial charge in [0.2, 0.25) is 0 Å². The Bertz CT molecular complexity index is 469. The summed E-state index contributed by atoms with van der Waals surface area (Å²) in [4.78, 5) is 0. The van der Waals surface area contributed by atoms with Crippen LogP contribution in [0.3, 0.4) is 0 Å². The zero-order valence-corrected chi connectivity index (χ0v) is 9.01. The molecule has 2 rings (SSSR count). The van der Waals surface area contributed by atoms with E-state index in [1.165, 1.54) is 0 Å². The number of benzene rings is 1. The molecule has 1 fully saturated rings. The molecule has 0 N–H and O–H groups in total. The third-order valence-corrected chi connectivity index (χ3v) is 2.81. The largest absolute Gasteiger partial charge is 0.197 e. The van der Waals surface area contributed by atoms with Crippen LogP contribution in [0.2, 0.25) is 0 Å². The van der Waals surface area contributed by atoms with E-state index in [1.807, 2.05) is 24.3 Å². The molecule has 0 amide bonds. The average molecular weight is 216 g/mol. The summed E-state index contributed by atoms with van der Waals surface area (Å²) in [7, 11) is 0. The molecule has 1 aliphatic rings. The third kappa shape index (κ3) is 1.99. The van der Waals surface area contributed by atoms with Gasteiger partial charge in [-0.1, -0.05) is 24.0 Å². The van der Waals surface area contributed by atoms with Crippen LogP contribution < -0.4 is 0 Å². The topological polar surface area (TPSA) is 23.8 Å². The molecule has 0 aromatic heterocycles. The summed E-state index contributed by atoms with van der Waals surface area (Å²) in [5.74, 6) is 6.12. The zero-order chi connectivity index (χ0) is 10.7. The maximum atomic E-state index is 9.07. The van der Waals surface area contributed by atoms with Crippen molar-refractivity contribution in [2.75, 3.05) is 5.88 Å². The summed E-state index contributed by atoms with van der Waals surface area (Å²) in [5, 5.41) is 9.07. The van der Waals surface area contributed by atoms with Crippen LogP contribution in [0.15, 0.2) is 24.3 Å². The lowest BCUT2D eigenvalue weighted by Crippen LogP contribution is -2.02. The molecule has 0 heterocycles. The van der Waals surface area contributed by atoms with E-state index < -0.39 is 0 Å². The quantitative estimate of drug-likeness (QED) is 0.522. The Morgan fingerprint density at radius 2 is 2.20 bits per heavy atom. The first-order chi connectivity index (χ1) is 7.30. The molecule has 1 aromatic rings. The van der Waals surface area contributed by atoms with Crippen molar-refractivity contribution < 1.29 is 0 Å². The molecule has 0 spiro atoms. The molecule has 2 heteroatoms. The number of rotatable bonds is 1. The fourth-order valence-corrected chi connectivity index (χ4v) is 1.69. The van der Waals surface area contributed by atoms with Gasteiger partial charge < -0.3 is 0 Å². The smallest absolute Gasteiger partial charge is 0.0839 e. The van der Waals surface area contributed by atoms with Crippen LogP contribution in [0.4, 0.5) is 0 Å². The van der Waals surface area contributed by atoms with Crippen molar-refractivity contribution in [2.24, 2.45) is 0 Å². The summed E-state index contributed by atoms with van der Waals surface area (Å²) in [6, 6.07) is 10.3. The van der Waals surface area contributed by atoms with Gasteiger partial charge in [0.1, 0.15) is 0 Å². The number of hydrogen-bond donors (Lipinski definition) is 0. The Morgan fingerprint density at radius 3 is 2.80 bits per heavy atom. The van der Waals surface area contributed by atoms with Crippen LogP contribution in [-0.4, -0.2) is 5.88 Å². The molecular formula is C13H10ClN. The highest BCUT2D eigenvalue weighted by atomic mass is 35.5. The number of nitrogens with zero attached hydrogens (tertiary/aromatic N) is 1. The van der Waals surface area contributed by atoms with Crippen molar-refractivity contribution in [1.29, 1.82) is 5.26 Å². The van der Waals surface area contributed by atoms with Gasteiger partial charge in [-0.3, -0.25) is 0 Å². The minimum absolute atomic E-state index is 0.224. The van der Waals surface area contributed by atoms with E-state index in [0.29, 0.717) is 5.88 Å². The molecule has 1 aromatic carbocycles. The predicted octanol–water partition coefficient (Wildman–Crippen LogP) is 2.83. The molecule has 0 unspecified atom stereocenters. The van der Waals surface area contributed by atoms with E-state index in [2.05, 4.69) is 17.9 Å². The molecule has 15 heavy (non-hydrogen) atoms. The van der Waals surface area contributed by atoms with Gasteiger partial charge in [-0.2, -0.15) is 5.26 Å². The van der Waals surface area contributed by atoms with Crippen LogP contribution in [0.5, 0.6) is 0 Å². The lowest BCUT2D eigenvalue weighted by molar-refractivity contribution is 0.908. The lowest BCUT2D eigenvalue weighted by atomic mass is 9.96. The number of alkyl halides is 1. The van der Waals surface area contributed by atoms with Crippen molar-refractivity contribution in [1.82, 2.24) is 0 Å². The first-order valence-corrected chi connectivity index (χ1v) is 5.41. The van der Waals surface area contributed by atoms with E-state index in [-0.39, 0.29) is 5.41 Å². The van der Waals surface area contributed by atoms with Gasteiger partial charge in [-0.15, -0.1) is 11.6 Å². The molecule has 0 bridgehead atoms. The fraction of sp³-hybridized carbons (Fsp3) is 0.308. The normalized spacial score (nSPS) is 16.0. The zero-order valence-electron chi connectivity index (χ0n) is 8.26. The Labute approximate surface area is 94.7 Å². The van der Waals surface area contributed by atoms with Crippen molar-refractivity contribution in [3.8, 4) is 17.9 Å². The summed E-state index contributed by atoms with van der Waals surface area (Å²) in [6.07, 6.45) is 1.94. The minimum Gasteiger partial charge on any atom is -0.197 e. The molecule has 74 valence electrons. The molecular weight excluding hydrogens is 206 g/mol. The molecule has 1 aliphatic carbocycles. The van der Waals surface area contributed by atoms with Crippen molar-refractivity contribution in [3.05, 3.63) is 35.4 Å². The lowest BCUT2D eigenvalue weighted by Gasteiger charge is -2.05. The van der Waals surface area contributed by atoms with Gasteiger partial charge in [0, 0.05) is 5.56 Å². The Kier molecular flexibility index (Phi) is 2.67. The molecule has 1 nitrogen and oxygen atoms in total. The Hall–Kier alpha value is -1.44. The van der Waals surface area contributed by atoms with Crippen molar-refractivity contribution in [3.63, 3.8) is 0 Å². The van der Waals surface area contributed by atoms with Crippen molar-refractivity contribution >= 4 is 11.6 Å². The Morgan fingerprint density at radius 1 is 1.40 bits per heavy atom. The van der Waals surface area contributed by atoms with E-state index in [9.17, 15) is 0 Å². The summed E-state index contributed by atoms with van der Waals surface area (Å²) in [6.45, 7) is 0. The van der Waals surface area contributed by atoms with E-state index in [4.69, 9.17) is 16.9 Å². The second-order valence-electron chi connectivity index (χ2n) is 3.71. The van der Waals surface area contributed by atoms with E-state index in [1.54, 1.807) is 0 Å². The first-order valence-electron chi connectivity index (χ1n) is 4.87. The summed E-state index contributed by atoms with van der Waals surface area (Å²) in [5.41, 5.74) is 1.81. The maximum Gasteiger partial charge on any atom is 0.0839 e. The molecule has 0 atom stereocenters. The molecule has 0 saturated heterocycles. The first kappa shape index (κ1) is 10.1. The van der Waals surface area contributed by atoms with Crippen LogP contribution in [0.25, 0.3) is 0 Å². The van der Waals surface area contributed by atoms with Crippen LogP contribution in [-0.2, 0) is 5.41 Å². The maximum absolute atomic E-state index is 9.07. The SMILES string of the molecule is N#CC1(c2cccc(C#CCCl)c2)CC1. The number of halogens is 1. The molecule has 0 radical (unpaired) electrons. The van der Waals surface area contributed by atoms with Gasteiger partial charge >= 0.3 is 0 Å². The van der Waals surface area contributed by atoms with Crippen LogP contribution in [0.1, 0.15) is 24.0 Å². The highest BCUT2D eigenvalue weighted by Gasteiger charge is 2.44. The van der Waals surface area contributed by atoms with Crippen LogP contribution >= 0.6 is 11.6 Å². The van der Waals surface area contributed by atoms with Gasteiger partial charge in [0.15, 0.2) is 0 Å². The summed E-state index contributed by atoms with van der Waals surface area (Å²) < 4.78 is 0. The molecule has 1 saturated carbocycles. The highest BCUT2D eigenvalue weighted by Crippen LogP contribution is 2.47. The highest BCUT2D eigenvalue weighted by molar-refractivity contribution is 6.19. The standard InChI is InChI=1S/C13H10ClN/c14-8-2-4-11-3-1-5-12(9-11)13(10-15)6-7-13/h1,3,5,9H,6-8H2. The second kappa shape index (κ2) is 3.97. The Balaban J connectivity index is 2.32. The third-order valence-electron chi connectivity index (χ3n) is 2.68. The van der Waals surface area contributed by atoms with E-state index in [0.717, 1.165) is 24.0 Å². The fourth-order valence-electron chi connectivity index (χ4n) is 1.62. The van der Waals surface area contributed by atoms with Crippen molar-refractivity contribution in [2.45, 2.75) is 18.3 Å². The number of nitriles is 1. The molecule has 0 aliphatic heterocycles. The predicted molar refractivity (Wildman–Crippen MR) is 60.6 cm³/mol. The van der Waals surface area contributed by atoms with Gasteiger partial charge in [0.25, 0.3) is 0 Å². The van der Waals surface area contributed by atoms with Crippen LogP contribution in [0, 0.1) is 23.2 Å². The monoisotopic (exact) mass is 215 g/mol. The van der Waals surface area contributed by atoms with Gasteiger partial charge in [-0.05, 0) is 30.5 Å². The summed E-state index contributed by atoms with van der Waals surface area (Å²) >= 11 is 5.49. The number of hydrogen-bond acceptors (Lipinski definition) is 1. The second-order valence-corrected chi connectivity index (χ2v) is 3.98. The van der Waals surface area contributed by atoms with E-state index >= 15 is 0 Å². The van der Waals surface area contributed by atoms with Gasteiger partial charge in [-0.25, -0.2) is 0 Å². The average Bonchev–Trinajstić information content (AvgIpc) is 3.08. The van der Waals surface area contributed by atoms with Gasteiger partial charge in [0.05, 0.1) is 17.4 Å². The minimum atomic E-state index is -0.224.